The molecule has 0 aromatic rings. The Balaban J connectivity index is 2.09. The molecule has 98 valence electrons. The van der Waals surface area contributed by atoms with Gasteiger partial charge in [-0.15, -0.1) is 0 Å². The maximum atomic E-state index is 12.5. The second kappa shape index (κ2) is 4.69. The molecule has 5 heteroatoms. The molecule has 17 heavy (non-hydrogen) atoms. The molecule has 1 heterocycles. The highest BCUT2D eigenvalue weighted by Crippen LogP contribution is 2.36. The van der Waals surface area contributed by atoms with E-state index < -0.39 is 10.8 Å². The van der Waals surface area contributed by atoms with Crippen LogP contribution in [-0.4, -0.2) is 44.8 Å². The van der Waals surface area contributed by atoms with Gasteiger partial charge in [-0.1, -0.05) is 12.8 Å². The Kier molecular flexibility index (Phi) is 3.59. The summed E-state index contributed by atoms with van der Waals surface area (Å²) in [7, 11) is -0.871. The van der Waals surface area contributed by atoms with Crippen molar-refractivity contribution in [2.24, 2.45) is 0 Å². The van der Waals surface area contributed by atoms with Gasteiger partial charge in [0.2, 0.25) is 5.91 Å². The summed E-state index contributed by atoms with van der Waals surface area (Å²) < 4.78 is 11.4. The number of rotatable bonds is 3. The van der Waals surface area contributed by atoms with Gasteiger partial charge in [0.15, 0.2) is 0 Å². The molecule has 1 saturated heterocycles. The smallest absolute Gasteiger partial charge is 0.244 e. The highest BCUT2D eigenvalue weighted by molar-refractivity contribution is 7.84. The second-order valence-electron chi connectivity index (χ2n) is 5.38. The van der Waals surface area contributed by atoms with Crippen LogP contribution in [0, 0.1) is 0 Å². The molecule has 0 radical (unpaired) electrons. The van der Waals surface area contributed by atoms with Gasteiger partial charge in [-0.25, -0.2) is 0 Å². The summed E-state index contributed by atoms with van der Waals surface area (Å²) in [5, 5.41) is 3.49. The Morgan fingerprint density at radius 2 is 2.12 bits per heavy atom. The van der Waals surface area contributed by atoms with Gasteiger partial charge in [-0.05, 0) is 26.7 Å². The molecular formula is C12H22N2O2S. The van der Waals surface area contributed by atoms with Crippen molar-refractivity contribution in [3.8, 4) is 0 Å². The van der Waals surface area contributed by atoms with Gasteiger partial charge < -0.3 is 4.90 Å². The molecule has 1 aliphatic heterocycles. The van der Waals surface area contributed by atoms with Crippen LogP contribution >= 0.6 is 0 Å². The van der Waals surface area contributed by atoms with Crippen LogP contribution in [0.5, 0.6) is 0 Å². The first-order chi connectivity index (χ1) is 7.96. The van der Waals surface area contributed by atoms with Crippen LogP contribution in [0.2, 0.25) is 0 Å². The van der Waals surface area contributed by atoms with E-state index in [0.29, 0.717) is 6.54 Å². The topological polar surface area (TPSA) is 49.4 Å². The van der Waals surface area contributed by atoms with Gasteiger partial charge in [0.25, 0.3) is 0 Å². The molecule has 1 saturated carbocycles. The number of amides is 1. The van der Waals surface area contributed by atoms with E-state index in [9.17, 15) is 9.00 Å². The van der Waals surface area contributed by atoms with E-state index in [1.165, 1.54) is 0 Å². The molecule has 1 N–H and O–H groups in total. The first kappa shape index (κ1) is 13.0. The van der Waals surface area contributed by atoms with E-state index in [0.717, 1.165) is 25.7 Å². The molecular weight excluding hydrogens is 236 g/mol. The third-order valence-corrected chi connectivity index (χ3v) is 5.38. The highest BCUT2D eigenvalue weighted by atomic mass is 32.2. The van der Waals surface area contributed by atoms with E-state index in [2.05, 4.69) is 5.32 Å². The fourth-order valence-electron chi connectivity index (χ4n) is 2.95. The maximum absolute atomic E-state index is 12.5. The lowest BCUT2D eigenvalue weighted by Gasteiger charge is -2.24. The zero-order valence-corrected chi connectivity index (χ0v) is 11.7. The first-order valence-corrected chi connectivity index (χ1v) is 7.99. The number of carbonyl (C=O) groups is 1. The van der Waals surface area contributed by atoms with Crippen LogP contribution in [-0.2, 0) is 15.6 Å². The average Bonchev–Trinajstić information content (AvgIpc) is 2.81. The fourth-order valence-corrected chi connectivity index (χ4v) is 3.32. The lowest BCUT2D eigenvalue weighted by molar-refractivity contribution is -0.133. The monoisotopic (exact) mass is 258 g/mol. The van der Waals surface area contributed by atoms with Crippen molar-refractivity contribution in [2.75, 3.05) is 12.8 Å². The van der Waals surface area contributed by atoms with Crippen molar-refractivity contribution in [3.63, 3.8) is 0 Å². The van der Waals surface area contributed by atoms with E-state index >= 15 is 0 Å². The van der Waals surface area contributed by atoms with Gasteiger partial charge >= 0.3 is 0 Å². The number of carbonyl (C=O) groups excluding carboxylic acids is 1. The Bertz CT molecular complexity index is 339. The third kappa shape index (κ3) is 2.27. The Morgan fingerprint density at radius 3 is 2.65 bits per heavy atom. The molecule has 2 aliphatic rings. The predicted molar refractivity (Wildman–Crippen MR) is 69.0 cm³/mol. The van der Waals surface area contributed by atoms with Crippen molar-refractivity contribution in [1.82, 2.24) is 10.2 Å². The van der Waals surface area contributed by atoms with Crippen molar-refractivity contribution >= 4 is 16.7 Å². The number of hydrogen-bond acceptors (Lipinski definition) is 3. The van der Waals surface area contributed by atoms with Gasteiger partial charge in [0, 0.05) is 28.9 Å². The quantitative estimate of drug-likeness (QED) is 0.816. The van der Waals surface area contributed by atoms with Crippen molar-refractivity contribution in [2.45, 2.75) is 56.5 Å². The largest absolute Gasteiger partial charge is 0.325 e. The second-order valence-corrected chi connectivity index (χ2v) is 7.18. The van der Waals surface area contributed by atoms with E-state index in [1.807, 2.05) is 18.7 Å². The van der Waals surface area contributed by atoms with Crippen LogP contribution < -0.4 is 5.32 Å². The van der Waals surface area contributed by atoms with Gasteiger partial charge in [0.1, 0.15) is 0 Å². The van der Waals surface area contributed by atoms with Crippen LogP contribution in [0.3, 0.4) is 0 Å². The van der Waals surface area contributed by atoms with Crippen molar-refractivity contribution in [3.05, 3.63) is 0 Å². The minimum atomic E-state index is -0.871. The SMILES string of the molecule is CC1NC2(CCCC2)C(=O)N1CC(C)S(C)=O. The Morgan fingerprint density at radius 1 is 1.53 bits per heavy atom. The molecule has 2 rings (SSSR count). The first-order valence-electron chi connectivity index (χ1n) is 6.37. The summed E-state index contributed by atoms with van der Waals surface area (Å²) >= 11 is 0. The Hall–Kier alpha value is -0.420. The average molecular weight is 258 g/mol. The van der Waals surface area contributed by atoms with Crippen LogP contribution in [0.25, 0.3) is 0 Å². The number of nitrogens with one attached hydrogen (secondary N) is 1. The van der Waals surface area contributed by atoms with Crippen LogP contribution in [0.15, 0.2) is 0 Å². The maximum Gasteiger partial charge on any atom is 0.244 e. The third-order valence-electron chi connectivity index (χ3n) is 4.10. The summed E-state index contributed by atoms with van der Waals surface area (Å²) in [5.74, 6) is 0.222. The lowest BCUT2D eigenvalue weighted by atomic mass is 9.98. The lowest BCUT2D eigenvalue weighted by Crippen LogP contribution is -2.44. The van der Waals surface area contributed by atoms with Crippen molar-refractivity contribution in [1.29, 1.82) is 0 Å². The standard InChI is InChI=1S/C12H22N2O2S/c1-9(17(3)16)8-14-10(2)13-12(11(14)15)6-4-5-7-12/h9-10,13H,4-8H2,1-3H3. The molecule has 1 spiro atoms. The fraction of sp³-hybridized carbons (Fsp3) is 0.917. The van der Waals surface area contributed by atoms with Gasteiger partial charge in [-0.3, -0.25) is 14.3 Å². The molecule has 0 aromatic heterocycles. The summed E-state index contributed by atoms with van der Waals surface area (Å²) in [6, 6.07) is 0. The summed E-state index contributed by atoms with van der Waals surface area (Å²) in [4.78, 5) is 14.3. The molecule has 1 amide bonds. The van der Waals surface area contributed by atoms with Gasteiger partial charge in [0.05, 0.1) is 11.7 Å². The van der Waals surface area contributed by atoms with E-state index in [1.54, 1.807) is 6.26 Å². The molecule has 2 fully saturated rings. The molecule has 0 bridgehead atoms. The summed E-state index contributed by atoms with van der Waals surface area (Å²) in [5.41, 5.74) is -0.297. The zero-order valence-electron chi connectivity index (χ0n) is 10.9. The summed E-state index contributed by atoms with van der Waals surface area (Å²) in [6.45, 7) is 4.56. The summed E-state index contributed by atoms with van der Waals surface area (Å²) in [6.07, 6.45) is 5.95. The molecule has 4 nitrogen and oxygen atoms in total. The number of nitrogens with zero attached hydrogens (tertiary/aromatic N) is 1. The van der Waals surface area contributed by atoms with E-state index in [-0.39, 0.29) is 22.9 Å². The van der Waals surface area contributed by atoms with E-state index in [4.69, 9.17) is 0 Å². The molecule has 3 atom stereocenters. The highest BCUT2D eigenvalue weighted by Gasteiger charge is 2.51. The van der Waals surface area contributed by atoms with Crippen LogP contribution in [0.1, 0.15) is 39.5 Å². The molecule has 3 unspecified atom stereocenters. The minimum Gasteiger partial charge on any atom is -0.325 e. The molecule has 0 aromatic carbocycles. The molecule has 1 aliphatic carbocycles. The normalized spacial score (nSPS) is 31.1. The minimum absolute atomic E-state index is 0.0414. The predicted octanol–water partition coefficient (Wildman–Crippen LogP) is 0.844. The van der Waals surface area contributed by atoms with Crippen molar-refractivity contribution < 1.29 is 9.00 Å². The Labute approximate surface area is 106 Å². The zero-order chi connectivity index (χ0) is 12.6. The van der Waals surface area contributed by atoms with Crippen LogP contribution in [0.4, 0.5) is 0 Å². The number of hydrogen-bond donors (Lipinski definition) is 1. The van der Waals surface area contributed by atoms with Gasteiger partial charge in [-0.2, -0.15) is 0 Å².